The number of carbonyl (C=O) groups excluding carboxylic acids is 4. The van der Waals surface area contributed by atoms with Crippen molar-refractivity contribution >= 4 is 43.9 Å². The number of rotatable bonds is 4. The summed E-state index contributed by atoms with van der Waals surface area (Å²) in [5, 5.41) is 0.0383. The van der Waals surface area contributed by atoms with Crippen molar-refractivity contribution in [1.82, 2.24) is 10.1 Å². The predicted molar refractivity (Wildman–Crippen MR) is 69.5 cm³/mol. The fourth-order valence-electron chi connectivity index (χ4n) is 3.15. The largest absolute Gasteiger partial charge is 0.285 e. The zero-order valence-corrected chi connectivity index (χ0v) is 13.7. The number of hydroxylamine groups is 4. The van der Waals surface area contributed by atoms with Crippen molar-refractivity contribution in [3.05, 3.63) is 0 Å². The van der Waals surface area contributed by atoms with E-state index in [0.29, 0.717) is 12.5 Å². The van der Waals surface area contributed by atoms with E-state index in [1.54, 1.807) is 0 Å². The van der Waals surface area contributed by atoms with E-state index < -0.39 is 67.5 Å². The van der Waals surface area contributed by atoms with Gasteiger partial charge >= 0.3 is 0 Å². The first-order valence-corrected chi connectivity index (χ1v) is 10.0. The highest BCUT2D eigenvalue weighted by Gasteiger charge is 2.75. The molecular formula is C10H10N2O10S2. The molecule has 2 saturated heterocycles. The van der Waals surface area contributed by atoms with Crippen LogP contribution in [-0.4, -0.2) is 63.1 Å². The van der Waals surface area contributed by atoms with Gasteiger partial charge in [-0.1, -0.05) is 0 Å². The van der Waals surface area contributed by atoms with Gasteiger partial charge in [-0.2, -0.15) is 16.8 Å². The second-order valence-corrected chi connectivity index (χ2v) is 8.72. The summed E-state index contributed by atoms with van der Waals surface area (Å²) in [6.07, 6.45) is 1.24. The number of nitrogens with zero attached hydrogens (tertiary/aromatic N) is 2. The molecule has 1 aliphatic carbocycles. The first kappa shape index (κ1) is 16.9. The Hall–Kier alpha value is -1.90. The average molecular weight is 382 g/mol. The SMILES string of the molecule is CS(=O)(=O)ON1C(=O)C2C(C1=O)C1C(=O)N(OS(C)(=O)=O)C(=O)C21. The molecule has 0 bridgehead atoms. The van der Waals surface area contributed by atoms with Crippen LogP contribution in [0.1, 0.15) is 0 Å². The minimum absolute atomic E-state index is 0.0192. The van der Waals surface area contributed by atoms with Gasteiger partial charge in [-0.3, -0.25) is 19.2 Å². The fourth-order valence-corrected chi connectivity index (χ4v) is 3.99. The van der Waals surface area contributed by atoms with E-state index in [1.807, 2.05) is 0 Å². The molecule has 132 valence electrons. The summed E-state index contributed by atoms with van der Waals surface area (Å²) in [6, 6.07) is 0. The van der Waals surface area contributed by atoms with Gasteiger partial charge in [0.05, 0.1) is 36.2 Å². The van der Waals surface area contributed by atoms with Gasteiger partial charge in [-0.25, -0.2) is 0 Å². The molecule has 0 radical (unpaired) electrons. The maximum atomic E-state index is 12.1. The fraction of sp³-hybridized carbons (Fsp3) is 0.600. The summed E-state index contributed by atoms with van der Waals surface area (Å²) in [6.45, 7) is 0. The van der Waals surface area contributed by atoms with Crippen LogP contribution in [0.25, 0.3) is 0 Å². The van der Waals surface area contributed by atoms with E-state index >= 15 is 0 Å². The van der Waals surface area contributed by atoms with Crippen molar-refractivity contribution in [2.24, 2.45) is 23.7 Å². The van der Waals surface area contributed by atoms with Crippen molar-refractivity contribution in [2.75, 3.05) is 12.5 Å². The first-order valence-electron chi connectivity index (χ1n) is 6.38. The topological polar surface area (TPSA) is 161 Å². The van der Waals surface area contributed by atoms with Crippen LogP contribution < -0.4 is 0 Å². The molecule has 0 atom stereocenters. The normalized spacial score (nSPS) is 32.9. The second kappa shape index (κ2) is 4.81. The van der Waals surface area contributed by atoms with Crippen LogP contribution in [0.2, 0.25) is 0 Å². The molecule has 14 heteroatoms. The standard InChI is InChI=1S/C10H10N2O10S2/c1-23(17,18)21-11-7(13)3-4(8(11)14)6-5(3)9(15)12(10(6)16)22-24(2,19)20/h3-6H,1-2H3. The highest BCUT2D eigenvalue weighted by atomic mass is 32.2. The Balaban J connectivity index is 1.90. The molecule has 0 aromatic heterocycles. The van der Waals surface area contributed by atoms with Crippen LogP contribution in [-0.2, 0) is 48.0 Å². The lowest BCUT2D eigenvalue weighted by molar-refractivity contribution is -0.169. The zero-order valence-electron chi connectivity index (χ0n) is 12.1. The summed E-state index contributed by atoms with van der Waals surface area (Å²) in [5.74, 6) is -9.53. The molecule has 3 rings (SSSR count). The van der Waals surface area contributed by atoms with Crippen molar-refractivity contribution in [1.29, 1.82) is 0 Å². The van der Waals surface area contributed by atoms with E-state index in [2.05, 4.69) is 8.57 Å². The van der Waals surface area contributed by atoms with Crippen molar-refractivity contribution in [3.63, 3.8) is 0 Å². The number of hydrogen-bond donors (Lipinski definition) is 0. The Morgan fingerprint density at radius 1 is 0.625 bits per heavy atom. The monoisotopic (exact) mass is 382 g/mol. The number of carbonyl (C=O) groups is 4. The van der Waals surface area contributed by atoms with Gasteiger partial charge in [0.15, 0.2) is 0 Å². The van der Waals surface area contributed by atoms with Crippen LogP contribution in [0.15, 0.2) is 0 Å². The van der Waals surface area contributed by atoms with E-state index in [9.17, 15) is 36.0 Å². The van der Waals surface area contributed by atoms with Gasteiger partial charge in [0, 0.05) is 0 Å². The van der Waals surface area contributed by atoms with Crippen LogP contribution in [0.5, 0.6) is 0 Å². The quantitative estimate of drug-likeness (QED) is 0.458. The molecule has 0 unspecified atom stereocenters. The molecule has 4 amide bonds. The summed E-state index contributed by atoms with van der Waals surface area (Å²) >= 11 is 0. The smallest absolute Gasteiger partial charge is 0.272 e. The van der Waals surface area contributed by atoms with Gasteiger partial charge in [0.1, 0.15) is 0 Å². The van der Waals surface area contributed by atoms with E-state index in [0.717, 1.165) is 0 Å². The molecule has 0 aromatic carbocycles. The van der Waals surface area contributed by atoms with Crippen molar-refractivity contribution in [2.45, 2.75) is 0 Å². The number of amides is 4. The van der Waals surface area contributed by atoms with Crippen LogP contribution in [0.4, 0.5) is 0 Å². The lowest BCUT2D eigenvalue weighted by Crippen LogP contribution is -2.50. The molecule has 2 heterocycles. The zero-order chi connectivity index (χ0) is 18.2. The molecule has 0 spiro atoms. The summed E-state index contributed by atoms with van der Waals surface area (Å²) in [7, 11) is -8.36. The van der Waals surface area contributed by atoms with E-state index in [4.69, 9.17) is 0 Å². The molecule has 3 fully saturated rings. The molecular weight excluding hydrogens is 372 g/mol. The Labute approximate surface area is 135 Å². The van der Waals surface area contributed by atoms with E-state index in [1.165, 1.54) is 0 Å². The minimum atomic E-state index is -4.18. The Kier molecular flexibility index (Phi) is 3.39. The molecule has 24 heavy (non-hydrogen) atoms. The molecule has 2 aliphatic heterocycles. The molecule has 0 aromatic rings. The lowest BCUT2D eigenvalue weighted by atomic mass is 9.59. The van der Waals surface area contributed by atoms with Gasteiger partial charge in [0.2, 0.25) is 0 Å². The Morgan fingerprint density at radius 3 is 1.00 bits per heavy atom. The highest BCUT2D eigenvalue weighted by Crippen LogP contribution is 2.56. The molecule has 0 N–H and O–H groups in total. The number of hydrogen-bond acceptors (Lipinski definition) is 10. The second-order valence-electron chi connectivity index (χ2n) is 5.60. The third-order valence-electron chi connectivity index (χ3n) is 3.91. The maximum Gasteiger partial charge on any atom is 0.285 e. The van der Waals surface area contributed by atoms with Crippen molar-refractivity contribution < 1.29 is 44.6 Å². The average Bonchev–Trinajstić information content (AvgIpc) is 2.65. The molecule has 12 nitrogen and oxygen atoms in total. The number of fused-ring (bicyclic) bond motifs is 4. The molecule has 3 aliphatic rings. The maximum absolute atomic E-state index is 12.1. The number of imide groups is 2. The van der Waals surface area contributed by atoms with Crippen LogP contribution in [0, 0.1) is 23.7 Å². The van der Waals surface area contributed by atoms with Gasteiger partial charge in [-0.05, 0) is 0 Å². The van der Waals surface area contributed by atoms with Gasteiger partial charge < -0.3 is 0 Å². The third-order valence-corrected chi connectivity index (χ3v) is 4.75. The highest BCUT2D eigenvalue weighted by molar-refractivity contribution is 7.86. The third kappa shape index (κ3) is 2.33. The van der Waals surface area contributed by atoms with Gasteiger partial charge in [-0.15, -0.1) is 18.7 Å². The lowest BCUT2D eigenvalue weighted by Gasteiger charge is -2.35. The first-order chi connectivity index (χ1) is 10.8. The van der Waals surface area contributed by atoms with Gasteiger partial charge in [0.25, 0.3) is 43.9 Å². The predicted octanol–water partition coefficient (Wildman–Crippen LogP) is -3.02. The summed E-state index contributed by atoms with van der Waals surface area (Å²) < 4.78 is 53.0. The summed E-state index contributed by atoms with van der Waals surface area (Å²) in [5.41, 5.74) is 0. The minimum Gasteiger partial charge on any atom is -0.272 e. The Bertz CT molecular complexity index is 769. The summed E-state index contributed by atoms with van der Waals surface area (Å²) in [4.78, 5) is 48.5. The van der Waals surface area contributed by atoms with Crippen molar-refractivity contribution in [3.8, 4) is 0 Å². The van der Waals surface area contributed by atoms with E-state index in [-0.39, 0.29) is 10.1 Å². The van der Waals surface area contributed by atoms with Crippen LogP contribution >= 0.6 is 0 Å². The van der Waals surface area contributed by atoms with Crippen LogP contribution in [0.3, 0.4) is 0 Å². The molecule has 1 saturated carbocycles. The Morgan fingerprint density at radius 2 is 0.833 bits per heavy atom.